The molecule has 0 aliphatic heterocycles. The van der Waals surface area contributed by atoms with Crippen LogP contribution in [0.5, 0.6) is 0 Å². The topological polar surface area (TPSA) is 31.0 Å². The highest BCUT2D eigenvalue weighted by molar-refractivity contribution is 6.35. The Morgan fingerprint density at radius 3 is 2.83 bits per heavy atom. The Bertz CT molecular complexity index is 692. The van der Waals surface area contributed by atoms with Crippen molar-refractivity contribution >= 4 is 22.5 Å². The average molecular weight is 261 g/mol. The minimum Gasteiger partial charge on any atom is -0.444 e. The second-order valence-corrected chi connectivity index (χ2v) is 4.78. The SMILES string of the molecule is Cc1nc(Cn2ccc3cccc(Cl)c32)oc1C. The van der Waals surface area contributed by atoms with E-state index in [1.807, 2.05) is 44.3 Å². The minimum absolute atomic E-state index is 0.599. The van der Waals surface area contributed by atoms with E-state index < -0.39 is 0 Å². The zero-order valence-electron chi connectivity index (χ0n) is 10.3. The first-order valence-electron chi connectivity index (χ1n) is 5.81. The van der Waals surface area contributed by atoms with Gasteiger partial charge in [0.2, 0.25) is 5.89 Å². The van der Waals surface area contributed by atoms with Crippen LogP contribution in [0.3, 0.4) is 0 Å². The molecule has 1 aromatic carbocycles. The first-order chi connectivity index (χ1) is 8.65. The van der Waals surface area contributed by atoms with Crippen molar-refractivity contribution in [2.24, 2.45) is 0 Å². The molecule has 3 aromatic rings. The summed E-state index contributed by atoms with van der Waals surface area (Å²) in [6, 6.07) is 7.94. The van der Waals surface area contributed by atoms with Crippen LogP contribution in [0.25, 0.3) is 10.9 Å². The standard InChI is InChI=1S/C14H13ClN2O/c1-9-10(2)18-13(16-9)8-17-7-6-11-4-3-5-12(15)14(11)17/h3-7H,8H2,1-2H3. The fourth-order valence-electron chi connectivity index (χ4n) is 2.10. The van der Waals surface area contributed by atoms with Crippen LogP contribution in [0.15, 0.2) is 34.9 Å². The number of hydrogen-bond donors (Lipinski definition) is 0. The molecular weight excluding hydrogens is 248 g/mol. The largest absolute Gasteiger partial charge is 0.444 e. The normalized spacial score (nSPS) is 11.3. The van der Waals surface area contributed by atoms with Crippen molar-refractivity contribution in [1.82, 2.24) is 9.55 Å². The Morgan fingerprint density at radius 1 is 1.28 bits per heavy atom. The van der Waals surface area contributed by atoms with Crippen LogP contribution in [0.1, 0.15) is 17.3 Å². The van der Waals surface area contributed by atoms with Crippen molar-refractivity contribution in [2.45, 2.75) is 20.4 Å². The van der Waals surface area contributed by atoms with E-state index in [-0.39, 0.29) is 0 Å². The molecule has 0 atom stereocenters. The smallest absolute Gasteiger partial charge is 0.214 e. The third kappa shape index (κ3) is 1.81. The molecule has 0 bridgehead atoms. The molecule has 0 radical (unpaired) electrons. The molecule has 0 spiro atoms. The lowest BCUT2D eigenvalue weighted by molar-refractivity contribution is 0.459. The molecule has 0 fully saturated rings. The highest BCUT2D eigenvalue weighted by Crippen LogP contribution is 2.25. The number of aryl methyl sites for hydroxylation is 2. The van der Waals surface area contributed by atoms with Crippen LogP contribution in [0.4, 0.5) is 0 Å². The van der Waals surface area contributed by atoms with Crippen molar-refractivity contribution in [1.29, 1.82) is 0 Å². The van der Waals surface area contributed by atoms with Crippen LogP contribution < -0.4 is 0 Å². The van der Waals surface area contributed by atoms with Gasteiger partial charge in [0.05, 0.1) is 22.8 Å². The van der Waals surface area contributed by atoms with E-state index in [1.54, 1.807) is 0 Å². The summed E-state index contributed by atoms with van der Waals surface area (Å²) >= 11 is 6.23. The van der Waals surface area contributed by atoms with E-state index in [1.165, 1.54) is 0 Å². The van der Waals surface area contributed by atoms with Crippen LogP contribution in [0.2, 0.25) is 5.02 Å². The number of fused-ring (bicyclic) bond motifs is 1. The zero-order chi connectivity index (χ0) is 12.7. The molecule has 0 amide bonds. The lowest BCUT2D eigenvalue weighted by Crippen LogP contribution is -1.98. The summed E-state index contributed by atoms with van der Waals surface area (Å²) in [7, 11) is 0. The quantitative estimate of drug-likeness (QED) is 0.699. The van der Waals surface area contributed by atoms with Crippen molar-refractivity contribution in [3.8, 4) is 0 Å². The molecular formula is C14H13ClN2O. The Hall–Kier alpha value is -1.74. The highest BCUT2D eigenvalue weighted by atomic mass is 35.5. The third-order valence-electron chi connectivity index (χ3n) is 3.12. The van der Waals surface area contributed by atoms with Gasteiger partial charge in [-0.1, -0.05) is 23.7 Å². The summed E-state index contributed by atoms with van der Waals surface area (Å²) in [6.45, 7) is 4.47. The Morgan fingerprint density at radius 2 is 2.11 bits per heavy atom. The van der Waals surface area contributed by atoms with E-state index >= 15 is 0 Å². The highest BCUT2D eigenvalue weighted by Gasteiger charge is 2.09. The van der Waals surface area contributed by atoms with Gasteiger partial charge in [0.1, 0.15) is 5.76 Å². The van der Waals surface area contributed by atoms with Gasteiger partial charge in [0.15, 0.2) is 0 Å². The van der Waals surface area contributed by atoms with Gasteiger partial charge in [-0.3, -0.25) is 0 Å². The Labute approximate surface area is 110 Å². The van der Waals surface area contributed by atoms with Gasteiger partial charge >= 0.3 is 0 Å². The predicted molar refractivity (Wildman–Crippen MR) is 72.0 cm³/mol. The van der Waals surface area contributed by atoms with E-state index in [0.717, 1.165) is 27.4 Å². The van der Waals surface area contributed by atoms with Crippen molar-refractivity contribution in [3.63, 3.8) is 0 Å². The molecule has 0 saturated carbocycles. The number of aromatic nitrogens is 2. The van der Waals surface area contributed by atoms with Gasteiger partial charge in [0, 0.05) is 11.6 Å². The number of hydrogen-bond acceptors (Lipinski definition) is 2. The van der Waals surface area contributed by atoms with Gasteiger partial charge in [-0.2, -0.15) is 0 Å². The number of oxazole rings is 1. The maximum Gasteiger partial charge on any atom is 0.214 e. The molecule has 3 rings (SSSR count). The van der Waals surface area contributed by atoms with Crippen LogP contribution in [-0.4, -0.2) is 9.55 Å². The molecule has 4 heteroatoms. The molecule has 0 saturated heterocycles. The number of benzene rings is 1. The molecule has 18 heavy (non-hydrogen) atoms. The first kappa shape index (κ1) is 11.4. The number of halogens is 1. The second-order valence-electron chi connectivity index (χ2n) is 4.37. The van der Waals surface area contributed by atoms with E-state index in [0.29, 0.717) is 12.4 Å². The molecule has 0 unspecified atom stereocenters. The van der Waals surface area contributed by atoms with E-state index in [2.05, 4.69) is 9.55 Å². The molecule has 0 N–H and O–H groups in total. The fourth-order valence-corrected chi connectivity index (χ4v) is 2.39. The summed E-state index contributed by atoms with van der Waals surface area (Å²) in [5.74, 6) is 1.58. The summed E-state index contributed by atoms with van der Waals surface area (Å²) < 4.78 is 7.66. The Kier molecular flexibility index (Phi) is 2.63. The third-order valence-corrected chi connectivity index (χ3v) is 3.42. The van der Waals surface area contributed by atoms with E-state index in [4.69, 9.17) is 16.0 Å². The molecule has 3 nitrogen and oxygen atoms in total. The summed E-state index contributed by atoms with van der Waals surface area (Å²) in [5.41, 5.74) is 1.96. The van der Waals surface area contributed by atoms with Crippen LogP contribution in [0, 0.1) is 13.8 Å². The average Bonchev–Trinajstić information content (AvgIpc) is 2.86. The van der Waals surface area contributed by atoms with Crippen LogP contribution in [-0.2, 0) is 6.54 Å². The molecule has 92 valence electrons. The second kappa shape index (κ2) is 4.18. The summed E-state index contributed by atoms with van der Waals surface area (Å²) in [6.07, 6.45) is 2.01. The van der Waals surface area contributed by atoms with Gasteiger partial charge in [-0.25, -0.2) is 4.98 Å². The van der Waals surface area contributed by atoms with Gasteiger partial charge in [-0.05, 0) is 26.0 Å². The van der Waals surface area contributed by atoms with Crippen LogP contribution >= 0.6 is 11.6 Å². The van der Waals surface area contributed by atoms with Gasteiger partial charge in [0.25, 0.3) is 0 Å². The monoisotopic (exact) mass is 260 g/mol. The molecule has 0 aliphatic carbocycles. The maximum absolute atomic E-state index is 6.23. The van der Waals surface area contributed by atoms with Crippen molar-refractivity contribution in [3.05, 3.63) is 52.8 Å². The Balaban J connectivity index is 2.05. The zero-order valence-corrected chi connectivity index (χ0v) is 11.0. The fraction of sp³-hybridized carbons (Fsp3) is 0.214. The van der Waals surface area contributed by atoms with Crippen molar-refractivity contribution < 1.29 is 4.42 Å². The lowest BCUT2D eigenvalue weighted by atomic mass is 10.2. The first-order valence-corrected chi connectivity index (χ1v) is 6.19. The predicted octanol–water partition coefficient (Wildman–Crippen LogP) is 3.95. The number of para-hydroxylation sites is 1. The maximum atomic E-state index is 6.23. The molecule has 2 aromatic heterocycles. The summed E-state index contributed by atoms with van der Waals surface area (Å²) in [5, 5.41) is 1.88. The van der Waals surface area contributed by atoms with E-state index in [9.17, 15) is 0 Å². The molecule has 2 heterocycles. The van der Waals surface area contributed by atoms with Gasteiger partial charge < -0.3 is 8.98 Å². The minimum atomic E-state index is 0.599. The number of nitrogens with zero attached hydrogens (tertiary/aromatic N) is 2. The lowest BCUT2D eigenvalue weighted by Gasteiger charge is -2.03. The van der Waals surface area contributed by atoms with Crippen molar-refractivity contribution in [2.75, 3.05) is 0 Å². The van der Waals surface area contributed by atoms with Gasteiger partial charge in [-0.15, -0.1) is 0 Å². The summed E-state index contributed by atoms with van der Waals surface area (Å²) in [4.78, 5) is 4.39. The molecule has 0 aliphatic rings. The number of rotatable bonds is 2.